The highest BCUT2D eigenvalue weighted by Crippen LogP contribution is 2.35. The van der Waals surface area contributed by atoms with E-state index in [2.05, 4.69) is 5.32 Å². The number of carbonyl (C=O) groups excluding carboxylic acids is 1. The quantitative estimate of drug-likeness (QED) is 0.250. The molecule has 0 aliphatic rings. The largest absolute Gasteiger partial charge is 0.481 e. The molecule has 1 amide bonds. The number of hydrogen-bond acceptors (Lipinski definition) is 5. The van der Waals surface area contributed by atoms with E-state index in [0.717, 1.165) is 26.1 Å². The molecule has 0 radical (unpaired) electrons. The van der Waals surface area contributed by atoms with Gasteiger partial charge in [-0.3, -0.25) is 14.4 Å². The number of rotatable bonds is 13. The molecule has 1 aromatic carbocycles. The van der Waals surface area contributed by atoms with Crippen LogP contribution in [-0.4, -0.2) is 47.1 Å². The SMILES string of the molecule is Cc1cccc(C)c1-c1cc(C(CC(=O)O)NC(=O)C(CC(C)C)n2cc(CCN(C)C)cc(C(F)F)c2=O)cs1. The number of aliphatic carboxylic acids is 1. The fraction of sp³-hybridized carbons (Fsp3) is 0.452. The van der Waals surface area contributed by atoms with Gasteiger partial charge in [0.25, 0.3) is 12.0 Å². The first-order valence-electron chi connectivity index (χ1n) is 13.6. The average molecular weight is 588 g/mol. The van der Waals surface area contributed by atoms with E-state index >= 15 is 0 Å². The van der Waals surface area contributed by atoms with Crippen LogP contribution in [0.25, 0.3) is 10.4 Å². The average Bonchev–Trinajstić information content (AvgIpc) is 3.35. The minimum absolute atomic E-state index is 0.0483. The zero-order chi connectivity index (χ0) is 30.4. The van der Waals surface area contributed by atoms with Crippen molar-refractivity contribution >= 4 is 23.2 Å². The molecule has 0 saturated heterocycles. The van der Waals surface area contributed by atoms with E-state index in [4.69, 9.17) is 0 Å². The lowest BCUT2D eigenvalue weighted by atomic mass is 9.98. The number of carbonyl (C=O) groups is 2. The molecule has 0 saturated carbocycles. The molecule has 41 heavy (non-hydrogen) atoms. The van der Waals surface area contributed by atoms with Crippen LogP contribution in [0.4, 0.5) is 8.78 Å². The summed E-state index contributed by atoms with van der Waals surface area (Å²) in [6.07, 6.45) is -1.25. The van der Waals surface area contributed by atoms with Crippen molar-refractivity contribution < 1.29 is 23.5 Å². The maximum atomic E-state index is 13.9. The summed E-state index contributed by atoms with van der Waals surface area (Å²) in [5, 5.41) is 14.3. The van der Waals surface area contributed by atoms with E-state index < -0.39 is 41.5 Å². The molecule has 3 aromatic rings. The van der Waals surface area contributed by atoms with Crippen LogP contribution in [0.2, 0.25) is 0 Å². The predicted octanol–water partition coefficient (Wildman–Crippen LogP) is 6.15. The number of nitrogens with zero attached hydrogens (tertiary/aromatic N) is 2. The van der Waals surface area contributed by atoms with Gasteiger partial charge in [0, 0.05) is 17.6 Å². The van der Waals surface area contributed by atoms with Gasteiger partial charge < -0.3 is 19.9 Å². The molecule has 0 aliphatic carbocycles. The Bertz CT molecular complexity index is 1410. The molecular weight excluding hydrogens is 548 g/mol. The third-order valence-electron chi connectivity index (χ3n) is 6.99. The van der Waals surface area contributed by atoms with Crippen LogP contribution in [0.1, 0.15) is 73.0 Å². The van der Waals surface area contributed by atoms with Gasteiger partial charge in [-0.25, -0.2) is 8.78 Å². The molecule has 0 bridgehead atoms. The lowest BCUT2D eigenvalue weighted by Gasteiger charge is -2.25. The van der Waals surface area contributed by atoms with Crippen molar-refractivity contribution in [3.63, 3.8) is 0 Å². The maximum Gasteiger partial charge on any atom is 0.305 e. The van der Waals surface area contributed by atoms with Gasteiger partial charge in [0.1, 0.15) is 6.04 Å². The number of amides is 1. The van der Waals surface area contributed by atoms with E-state index in [1.165, 1.54) is 23.6 Å². The number of hydrogen-bond donors (Lipinski definition) is 2. The molecule has 2 atom stereocenters. The lowest BCUT2D eigenvalue weighted by molar-refractivity contribution is -0.138. The van der Waals surface area contributed by atoms with Gasteiger partial charge in [-0.2, -0.15) is 0 Å². The van der Waals surface area contributed by atoms with Crippen LogP contribution in [0.15, 0.2) is 46.7 Å². The van der Waals surface area contributed by atoms with E-state index in [9.17, 15) is 28.3 Å². The molecule has 0 spiro atoms. The van der Waals surface area contributed by atoms with E-state index in [1.54, 1.807) is 0 Å². The zero-order valence-corrected chi connectivity index (χ0v) is 25.2. The predicted molar refractivity (Wildman–Crippen MR) is 159 cm³/mol. The summed E-state index contributed by atoms with van der Waals surface area (Å²) in [4.78, 5) is 41.6. The molecule has 222 valence electrons. The van der Waals surface area contributed by atoms with Gasteiger partial charge in [-0.05, 0) is 92.0 Å². The Kier molecular flexibility index (Phi) is 11.0. The highest BCUT2D eigenvalue weighted by Gasteiger charge is 2.29. The number of aromatic nitrogens is 1. The molecule has 2 N–H and O–H groups in total. The molecule has 2 aromatic heterocycles. The van der Waals surface area contributed by atoms with Crippen LogP contribution in [0, 0.1) is 19.8 Å². The Hall–Kier alpha value is -3.37. The van der Waals surface area contributed by atoms with Crippen molar-refractivity contribution in [2.45, 2.75) is 65.5 Å². The molecule has 0 aliphatic heterocycles. The summed E-state index contributed by atoms with van der Waals surface area (Å²) in [5.41, 5.74) is 2.80. The van der Waals surface area contributed by atoms with Crippen LogP contribution in [-0.2, 0) is 16.0 Å². The van der Waals surface area contributed by atoms with Gasteiger partial charge in [0.15, 0.2) is 0 Å². The topological polar surface area (TPSA) is 91.6 Å². The van der Waals surface area contributed by atoms with Crippen LogP contribution in [0.3, 0.4) is 0 Å². The lowest BCUT2D eigenvalue weighted by Crippen LogP contribution is -2.41. The van der Waals surface area contributed by atoms with Crippen LogP contribution >= 0.6 is 11.3 Å². The molecule has 2 unspecified atom stereocenters. The number of aryl methyl sites for hydroxylation is 2. The summed E-state index contributed by atoms with van der Waals surface area (Å²) < 4.78 is 28.9. The summed E-state index contributed by atoms with van der Waals surface area (Å²) in [5.74, 6) is -1.73. The second kappa shape index (κ2) is 14.0. The molecule has 2 heterocycles. The Morgan fingerprint density at radius 2 is 1.78 bits per heavy atom. The molecule has 0 fully saturated rings. The number of carboxylic acids is 1. The first-order chi connectivity index (χ1) is 19.3. The minimum atomic E-state index is -3.00. The van der Waals surface area contributed by atoms with E-state index in [0.29, 0.717) is 24.1 Å². The van der Waals surface area contributed by atoms with E-state index in [1.807, 2.05) is 76.3 Å². The van der Waals surface area contributed by atoms with Crippen molar-refractivity contribution in [1.82, 2.24) is 14.8 Å². The first kappa shape index (κ1) is 32.1. The minimum Gasteiger partial charge on any atom is -0.481 e. The van der Waals surface area contributed by atoms with Gasteiger partial charge >= 0.3 is 5.97 Å². The van der Waals surface area contributed by atoms with Crippen LogP contribution < -0.4 is 10.9 Å². The van der Waals surface area contributed by atoms with Gasteiger partial charge in [0.05, 0.1) is 18.0 Å². The summed E-state index contributed by atoms with van der Waals surface area (Å²) in [6.45, 7) is 8.34. The number of pyridine rings is 1. The number of carboxylic acid groups (broad SMARTS) is 1. The summed E-state index contributed by atoms with van der Waals surface area (Å²) >= 11 is 1.46. The van der Waals surface area contributed by atoms with Gasteiger partial charge in [0.2, 0.25) is 5.91 Å². The highest BCUT2D eigenvalue weighted by molar-refractivity contribution is 7.13. The third kappa shape index (κ3) is 8.33. The molecule has 10 heteroatoms. The van der Waals surface area contributed by atoms with E-state index in [-0.39, 0.29) is 18.8 Å². The number of halogens is 2. The Balaban J connectivity index is 2.02. The molecule has 3 rings (SSSR count). The number of alkyl halides is 2. The number of likely N-dealkylation sites (N-methyl/N-ethyl adjacent to an activating group) is 1. The number of thiophene rings is 1. The third-order valence-corrected chi connectivity index (χ3v) is 7.95. The van der Waals surface area contributed by atoms with Gasteiger partial charge in [-0.15, -0.1) is 11.3 Å². The number of benzene rings is 1. The molecular formula is C31H39F2N3O4S. The van der Waals surface area contributed by atoms with Crippen molar-refractivity contribution in [1.29, 1.82) is 0 Å². The van der Waals surface area contributed by atoms with Crippen molar-refractivity contribution in [2.75, 3.05) is 20.6 Å². The molecule has 7 nitrogen and oxygen atoms in total. The zero-order valence-electron chi connectivity index (χ0n) is 24.4. The van der Waals surface area contributed by atoms with Crippen molar-refractivity contribution in [3.8, 4) is 10.4 Å². The summed E-state index contributed by atoms with van der Waals surface area (Å²) in [6, 6.07) is 7.12. The fourth-order valence-corrected chi connectivity index (χ4v) is 6.06. The van der Waals surface area contributed by atoms with Crippen molar-refractivity contribution in [2.24, 2.45) is 5.92 Å². The second-order valence-electron chi connectivity index (χ2n) is 11.2. The Morgan fingerprint density at radius 3 is 2.34 bits per heavy atom. The highest BCUT2D eigenvalue weighted by atomic mass is 32.1. The number of nitrogens with one attached hydrogen (secondary N) is 1. The maximum absolute atomic E-state index is 13.9. The normalized spacial score (nSPS) is 13.1. The van der Waals surface area contributed by atoms with Gasteiger partial charge in [-0.1, -0.05) is 32.0 Å². The first-order valence-corrected chi connectivity index (χ1v) is 14.5. The monoisotopic (exact) mass is 587 g/mol. The second-order valence-corrected chi connectivity index (χ2v) is 12.1. The Morgan fingerprint density at radius 1 is 1.12 bits per heavy atom. The summed E-state index contributed by atoms with van der Waals surface area (Å²) in [7, 11) is 3.72. The Labute approximate surface area is 243 Å². The smallest absolute Gasteiger partial charge is 0.305 e. The van der Waals surface area contributed by atoms with Crippen molar-refractivity contribution in [3.05, 3.63) is 80.1 Å². The van der Waals surface area contributed by atoms with Crippen LogP contribution in [0.5, 0.6) is 0 Å². The standard InChI is InChI=1S/C31H39F2N3O4S/c1-18(2)12-25(36-16-21(10-11-35(5)6)13-23(29(32)33)31(36)40)30(39)34-24(15-27(37)38)22-14-26(41-17-22)28-19(3)8-7-9-20(28)4/h7-9,13-14,16-18,24-25,29H,10-12,15H2,1-6H3,(H,34,39)(H,37,38). The fourth-order valence-electron chi connectivity index (χ4n) is 4.92.